The third-order valence-corrected chi connectivity index (χ3v) is 4.07. The van der Waals surface area contributed by atoms with Crippen LogP contribution in [0.5, 0.6) is 0 Å². The summed E-state index contributed by atoms with van der Waals surface area (Å²) in [6.07, 6.45) is 4.63. The van der Waals surface area contributed by atoms with Gasteiger partial charge >= 0.3 is 0 Å². The maximum absolute atomic E-state index is 6.15. The van der Waals surface area contributed by atoms with Crippen molar-refractivity contribution in [2.24, 2.45) is 12.8 Å². The molecule has 0 amide bonds. The van der Waals surface area contributed by atoms with Gasteiger partial charge in [0.05, 0.1) is 0 Å². The van der Waals surface area contributed by atoms with Crippen molar-refractivity contribution in [1.82, 2.24) is 4.57 Å². The van der Waals surface area contributed by atoms with Crippen LogP contribution >= 0.6 is 0 Å². The van der Waals surface area contributed by atoms with E-state index in [1.54, 1.807) is 0 Å². The molecule has 0 radical (unpaired) electrons. The number of aryl methyl sites for hydroxylation is 3. The first-order valence-electron chi connectivity index (χ1n) is 6.41. The van der Waals surface area contributed by atoms with Gasteiger partial charge in [0.25, 0.3) is 0 Å². The molecule has 0 atom stereocenters. The average molecular weight is 228 g/mol. The van der Waals surface area contributed by atoms with Crippen molar-refractivity contribution in [1.29, 1.82) is 0 Å². The first kappa shape index (κ1) is 10.8. The predicted octanol–water partition coefficient (Wildman–Crippen LogP) is 2.91. The van der Waals surface area contributed by atoms with Crippen molar-refractivity contribution < 1.29 is 0 Å². The van der Waals surface area contributed by atoms with E-state index in [2.05, 4.69) is 42.8 Å². The number of fused-ring (bicyclic) bond motifs is 1. The van der Waals surface area contributed by atoms with E-state index < -0.39 is 0 Å². The van der Waals surface area contributed by atoms with Crippen LogP contribution in [0.1, 0.15) is 30.5 Å². The van der Waals surface area contributed by atoms with E-state index in [-0.39, 0.29) is 5.54 Å². The average Bonchev–Trinajstić information content (AvgIpc) is 2.95. The minimum absolute atomic E-state index is 0.159. The van der Waals surface area contributed by atoms with E-state index >= 15 is 0 Å². The number of aromatic nitrogens is 1. The third kappa shape index (κ3) is 1.98. The number of nitrogens with two attached hydrogens (primary N) is 1. The molecule has 2 N–H and O–H groups in total. The minimum atomic E-state index is 0.159. The predicted molar refractivity (Wildman–Crippen MR) is 72.1 cm³/mol. The van der Waals surface area contributed by atoms with E-state index in [1.807, 2.05) is 0 Å². The van der Waals surface area contributed by atoms with Crippen LogP contribution in [0.3, 0.4) is 0 Å². The second-order valence-electron chi connectivity index (χ2n) is 5.62. The molecule has 1 aromatic carbocycles. The fourth-order valence-electron chi connectivity index (χ4n) is 2.52. The largest absolute Gasteiger partial charge is 0.348 e. The van der Waals surface area contributed by atoms with Gasteiger partial charge in [-0.2, -0.15) is 0 Å². The molecule has 1 fully saturated rings. The number of nitrogens with zero attached hydrogens (tertiary/aromatic N) is 1. The molecular formula is C15H20N2. The van der Waals surface area contributed by atoms with E-state index in [9.17, 15) is 0 Å². The van der Waals surface area contributed by atoms with Crippen LogP contribution in [0.25, 0.3) is 10.9 Å². The van der Waals surface area contributed by atoms with Crippen molar-refractivity contribution >= 4 is 10.9 Å². The Hall–Kier alpha value is -1.28. The SMILES string of the molecule is Cc1ccc2cc(CCC3(N)CC3)n(C)c2c1. The normalized spacial score (nSPS) is 17.6. The fraction of sp³-hybridized carbons (Fsp3) is 0.467. The van der Waals surface area contributed by atoms with Crippen LogP contribution in [0.4, 0.5) is 0 Å². The summed E-state index contributed by atoms with van der Waals surface area (Å²) in [4.78, 5) is 0. The molecule has 2 nitrogen and oxygen atoms in total. The van der Waals surface area contributed by atoms with Crippen LogP contribution in [0.15, 0.2) is 24.3 Å². The van der Waals surface area contributed by atoms with Crippen LogP contribution in [-0.2, 0) is 13.5 Å². The maximum Gasteiger partial charge on any atom is 0.0482 e. The van der Waals surface area contributed by atoms with E-state index in [0.29, 0.717) is 0 Å². The quantitative estimate of drug-likeness (QED) is 0.860. The van der Waals surface area contributed by atoms with Gasteiger partial charge in [0.1, 0.15) is 0 Å². The highest BCUT2D eigenvalue weighted by Crippen LogP contribution is 2.36. The van der Waals surface area contributed by atoms with Gasteiger partial charge in [-0.1, -0.05) is 12.1 Å². The van der Waals surface area contributed by atoms with E-state index in [1.165, 1.54) is 35.0 Å². The zero-order valence-electron chi connectivity index (χ0n) is 10.7. The summed E-state index contributed by atoms with van der Waals surface area (Å²) in [5.74, 6) is 0. The van der Waals surface area contributed by atoms with Crippen molar-refractivity contribution in [3.8, 4) is 0 Å². The molecule has 2 heteroatoms. The second-order valence-corrected chi connectivity index (χ2v) is 5.62. The van der Waals surface area contributed by atoms with Gasteiger partial charge in [0.15, 0.2) is 0 Å². The lowest BCUT2D eigenvalue weighted by Crippen LogP contribution is -2.22. The van der Waals surface area contributed by atoms with Crippen molar-refractivity contribution in [3.63, 3.8) is 0 Å². The zero-order chi connectivity index (χ0) is 12.0. The Balaban J connectivity index is 1.91. The molecule has 17 heavy (non-hydrogen) atoms. The van der Waals surface area contributed by atoms with Gasteiger partial charge in [-0.25, -0.2) is 0 Å². The van der Waals surface area contributed by atoms with Gasteiger partial charge in [-0.15, -0.1) is 0 Å². The van der Waals surface area contributed by atoms with Crippen LogP contribution < -0.4 is 5.73 Å². The summed E-state index contributed by atoms with van der Waals surface area (Å²) in [6, 6.07) is 8.95. The molecule has 0 spiro atoms. The lowest BCUT2D eigenvalue weighted by Gasteiger charge is -2.09. The Morgan fingerprint density at radius 3 is 2.76 bits per heavy atom. The summed E-state index contributed by atoms with van der Waals surface area (Å²) in [7, 11) is 2.16. The highest BCUT2D eigenvalue weighted by molar-refractivity contribution is 5.82. The second kappa shape index (κ2) is 3.61. The Morgan fingerprint density at radius 2 is 2.06 bits per heavy atom. The smallest absolute Gasteiger partial charge is 0.0482 e. The molecule has 1 heterocycles. The standard InChI is InChI=1S/C15H20N2/c1-11-3-4-12-10-13(17(2)14(12)9-11)5-6-15(16)7-8-15/h3-4,9-10H,5-8,16H2,1-2H3. The summed E-state index contributed by atoms with van der Waals surface area (Å²) in [5.41, 5.74) is 10.4. The molecule has 2 aromatic rings. The lowest BCUT2D eigenvalue weighted by molar-refractivity contribution is 0.596. The van der Waals surface area contributed by atoms with Gasteiger partial charge in [-0.05, 0) is 55.7 Å². The summed E-state index contributed by atoms with van der Waals surface area (Å²) < 4.78 is 2.31. The van der Waals surface area contributed by atoms with Crippen LogP contribution in [0, 0.1) is 6.92 Å². The molecule has 1 aromatic heterocycles. The van der Waals surface area contributed by atoms with Gasteiger partial charge in [0.2, 0.25) is 0 Å². The van der Waals surface area contributed by atoms with Crippen molar-refractivity contribution in [2.45, 2.75) is 38.1 Å². The first-order valence-corrected chi connectivity index (χ1v) is 6.41. The molecule has 0 aliphatic heterocycles. The molecule has 1 saturated carbocycles. The Labute approximate surface area is 102 Å². The number of rotatable bonds is 3. The van der Waals surface area contributed by atoms with Gasteiger partial charge in [-0.3, -0.25) is 0 Å². The molecule has 0 unspecified atom stereocenters. The summed E-state index contributed by atoms with van der Waals surface area (Å²) in [5, 5.41) is 1.34. The molecule has 1 aliphatic rings. The maximum atomic E-state index is 6.15. The molecular weight excluding hydrogens is 208 g/mol. The number of hydrogen-bond acceptors (Lipinski definition) is 1. The lowest BCUT2D eigenvalue weighted by atomic mass is 10.1. The topological polar surface area (TPSA) is 30.9 Å². The highest BCUT2D eigenvalue weighted by Gasteiger charge is 2.37. The van der Waals surface area contributed by atoms with Crippen molar-refractivity contribution in [2.75, 3.05) is 0 Å². The van der Waals surface area contributed by atoms with Crippen molar-refractivity contribution in [3.05, 3.63) is 35.5 Å². The van der Waals surface area contributed by atoms with Crippen LogP contribution in [0.2, 0.25) is 0 Å². The van der Waals surface area contributed by atoms with E-state index in [0.717, 1.165) is 12.8 Å². The fourth-order valence-corrected chi connectivity index (χ4v) is 2.52. The third-order valence-electron chi connectivity index (χ3n) is 4.07. The first-order chi connectivity index (χ1) is 8.07. The molecule has 0 bridgehead atoms. The molecule has 90 valence electrons. The molecule has 0 saturated heterocycles. The molecule has 3 rings (SSSR count). The summed E-state index contributed by atoms with van der Waals surface area (Å²) in [6.45, 7) is 2.14. The number of benzene rings is 1. The summed E-state index contributed by atoms with van der Waals surface area (Å²) >= 11 is 0. The monoisotopic (exact) mass is 228 g/mol. The Bertz CT molecular complexity index is 562. The minimum Gasteiger partial charge on any atom is -0.348 e. The highest BCUT2D eigenvalue weighted by atomic mass is 14.9. The zero-order valence-corrected chi connectivity index (χ0v) is 10.7. The van der Waals surface area contributed by atoms with E-state index in [4.69, 9.17) is 5.73 Å². The van der Waals surface area contributed by atoms with Gasteiger partial charge < -0.3 is 10.3 Å². The molecule has 1 aliphatic carbocycles. The Kier molecular flexibility index (Phi) is 2.30. The van der Waals surface area contributed by atoms with Gasteiger partial charge in [0, 0.05) is 23.8 Å². The number of hydrogen-bond donors (Lipinski definition) is 1. The Morgan fingerprint density at radius 1 is 1.29 bits per heavy atom. The van der Waals surface area contributed by atoms with Crippen LogP contribution in [-0.4, -0.2) is 10.1 Å².